The minimum absolute atomic E-state index is 0.0302. The average Bonchev–Trinajstić information content (AvgIpc) is 2.88. The molecule has 108 valence electrons. The molecule has 20 heavy (non-hydrogen) atoms. The molecule has 1 aliphatic heterocycles. The summed E-state index contributed by atoms with van der Waals surface area (Å²) in [6.07, 6.45) is 0.880. The number of nitrogens with one attached hydrogen (secondary N) is 2. The van der Waals surface area contributed by atoms with Crippen molar-refractivity contribution in [3.8, 4) is 0 Å². The Kier molecular flexibility index (Phi) is 4.73. The van der Waals surface area contributed by atoms with Crippen molar-refractivity contribution in [3.05, 3.63) is 17.0 Å². The fourth-order valence-electron chi connectivity index (χ4n) is 1.95. The highest BCUT2D eigenvalue weighted by Gasteiger charge is 2.26. The van der Waals surface area contributed by atoms with Crippen molar-refractivity contribution >= 4 is 34.1 Å². The summed E-state index contributed by atoms with van der Waals surface area (Å²) < 4.78 is 4.93. The Labute approximate surface area is 120 Å². The van der Waals surface area contributed by atoms with Gasteiger partial charge in [-0.2, -0.15) is 0 Å². The lowest BCUT2D eigenvalue weighted by Gasteiger charge is -2.21. The van der Waals surface area contributed by atoms with Crippen molar-refractivity contribution in [2.45, 2.75) is 19.8 Å². The quantitative estimate of drug-likeness (QED) is 0.822. The van der Waals surface area contributed by atoms with Crippen LogP contribution in [0.25, 0.3) is 0 Å². The average molecular weight is 296 g/mol. The molecular formula is C13H16N2O4S. The van der Waals surface area contributed by atoms with Crippen LogP contribution < -0.4 is 10.6 Å². The van der Waals surface area contributed by atoms with Gasteiger partial charge in [0.1, 0.15) is 5.00 Å². The minimum Gasteiger partial charge on any atom is -0.462 e. The van der Waals surface area contributed by atoms with Crippen molar-refractivity contribution in [3.63, 3.8) is 0 Å². The van der Waals surface area contributed by atoms with E-state index in [1.165, 1.54) is 11.3 Å². The number of hydrogen-bond donors (Lipinski definition) is 2. The second-order valence-corrected chi connectivity index (χ2v) is 5.33. The molecule has 1 fully saturated rings. The number of thiophene rings is 1. The van der Waals surface area contributed by atoms with Gasteiger partial charge >= 0.3 is 5.97 Å². The van der Waals surface area contributed by atoms with Crippen molar-refractivity contribution < 1.29 is 19.1 Å². The Balaban J connectivity index is 1.99. The monoisotopic (exact) mass is 296 g/mol. The molecule has 1 atom stereocenters. The largest absolute Gasteiger partial charge is 0.462 e. The highest BCUT2D eigenvalue weighted by atomic mass is 32.1. The van der Waals surface area contributed by atoms with Gasteiger partial charge in [-0.1, -0.05) is 0 Å². The summed E-state index contributed by atoms with van der Waals surface area (Å²) in [6.45, 7) is 2.36. The second kappa shape index (κ2) is 6.51. The van der Waals surface area contributed by atoms with Crippen LogP contribution >= 0.6 is 11.3 Å². The van der Waals surface area contributed by atoms with Crippen LogP contribution in [0.2, 0.25) is 0 Å². The van der Waals surface area contributed by atoms with Gasteiger partial charge in [-0.25, -0.2) is 4.79 Å². The van der Waals surface area contributed by atoms with Gasteiger partial charge in [0.2, 0.25) is 11.8 Å². The molecule has 1 aromatic rings. The molecule has 1 saturated heterocycles. The lowest BCUT2D eigenvalue weighted by atomic mass is 9.98. The lowest BCUT2D eigenvalue weighted by molar-refractivity contribution is -0.126. The zero-order valence-corrected chi connectivity index (χ0v) is 11.9. The van der Waals surface area contributed by atoms with E-state index in [1.54, 1.807) is 18.4 Å². The van der Waals surface area contributed by atoms with Crippen molar-refractivity contribution in [1.29, 1.82) is 0 Å². The summed E-state index contributed by atoms with van der Waals surface area (Å²) in [5.41, 5.74) is 0.366. The molecular weight excluding hydrogens is 280 g/mol. The maximum atomic E-state index is 12.1. The van der Waals surface area contributed by atoms with E-state index in [4.69, 9.17) is 4.74 Å². The molecule has 1 aliphatic rings. The number of piperidine rings is 1. The maximum absolute atomic E-state index is 12.1. The van der Waals surface area contributed by atoms with Crippen LogP contribution in [0.15, 0.2) is 11.4 Å². The molecule has 1 aromatic heterocycles. The van der Waals surface area contributed by atoms with Crippen LogP contribution in [0.5, 0.6) is 0 Å². The number of rotatable bonds is 4. The van der Waals surface area contributed by atoms with E-state index in [0.29, 0.717) is 30.0 Å². The fourth-order valence-corrected chi connectivity index (χ4v) is 2.72. The van der Waals surface area contributed by atoms with Crippen molar-refractivity contribution in [2.24, 2.45) is 5.92 Å². The van der Waals surface area contributed by atoms with Crippen LogP contribution in [-0.2, 0) is 14.3 Å². The predicted octanol–water partition coefficient (Wildman–Crippen LogP) is 1.39. The van der Waals surface area contributed by atoms with Crippen LogP contribution in [0.1, 0.15) is 30.1 Å². The Morgan fingerprint density at radius 1 is 1.55 bits per heavy atom. The first-order valence-electron chi connectivity index (χ1n) is 6.44. The van der Waals surface area contributed by atoms with E-state index < -0.39 is 5.97 Å². The first-order valence-corrected chi connectivity index (χ1v) is 7.32. The molecule has 7 heteroatoms. The van der Waals surface area contributed by atoms with Gasteiger partial charge in [-0.05, 0) is 24.8 Å². The standard InChI is InChI=1S/C13H16N2O4S/c1-2-19-13(18)9-5-6-20-12(9)15-11(17)8-3-4-10(16)14-7-8/h5-6,8H,2-4,7H2,1H3,(H,14,16)(H,15,17). The van der Waals surface area contributed by atoms with Crippen molar-refractivity contribution in [1.82, 2.24) is 5.32 Å². The zero-order valence-electron chi connectivity index (χ0n) is 11.1. The Morgan fingerprint density at radius 2 is 2.35 bits per heavy atom. The Morgan fingerprint density at radius 3 is 3.00 bits per heavy atom. The molecule has 2 heterocycles. The van der Waals surface area contributed by atoms with Gasteiger partial charge in [0, 0.05) is 13.0 Å². The first-order chi connectivity index (χ1) is 9.61. The molecule has 2 N–H and O–H groups in total. The molecule has 0 bridgehead atoms. The predicted molar refractivity (Wildman–Crippen MR) is 74.6 cm³/mol. The third kappa shape index (κ3) is 3.36. The molecule has 0 radical (unpaired) electrons. The number of amides is 2. The number of hydrogen-bond acceptors (Lipinski definition) is 5. The number of ether oxygens (including phenoxy) is 1. The highest BCUT2D eigenvalue weighted by Crippen LogP contribution is 2.25. The topological polar surface area (TPSA) is 84.5 Å². The van der Waals surface area contributed by atoms with Crippen LogP contribution in [0.3, 0.4) is 0 Å². The molecule has 0 saturated carbocycles. The van der Waals surface area contributed by atoms with E-state index in [1.807, 2.05) is 0 Å². The van der Waals surface area contributed by atoms with E-state index >= 15 is 0 Å². The van der Waals surface area contributed by atoms with E-state index in [9.17, 15) is 14.4 Å². The third-order valence-electron chi connectivity index (χ3n) is 3.03. The summed E-state index contributed by atoms with van der Waals surface area (Å²) in [6, 6.07) is 1.63. The number of carbonyl (C=O) groups excluding carboxylic acids is 3. The molecule has 0 aliphatic carbocycles. The molecule has 1 unspecified atom stereocenters. The number of esters is 1. The molecule has 0 spiro atoms. The zero-order chi connectivity index (χ0) is 14.5. The van der Waals surface area contributed by atoms with Gasteiger partial charge in [-0.15, -0.1) is 11.3 Å². The van der Waals surface area contributed by atoms with Crippen LogP contribution in [0, 0.1) is 5.92 Å². The Hall–Kier alpha value is -1.89. The summed E-state index contributed by atoms with van der Waals surface area (Å²) in [4.78, 5) is 34.9. The van der Waals surface area contributed by atoms with Crippen LogP contribution in [0.4, 0.5) is 5.00 Å². The minimum atomic E-state index is -0.444. The SMILES string of the molecule is CCOC(=O)c1ccsc1NC(=O)C1CCC(=O)NC1. The van der Waals surface area contributed by atoms with Gasteiger partial charge in [0.25, 0.3) is 0 Å². The van der Waals surface area contributed by atoms with Crippen LogP contribution in [-0.4, -0.2) is 30.9 Å². The lowest BCUT2D eigenvalue weighted by Crippen LogP contribution is -2.40. The molecule has 2 rings (SSSR count). The fraction of sp³-hybridized carbons (Fsp3) is 0.462. The number of anilines is 1. The molecule has 0 aromatic carbocycles. The van der Waals surface area contributed by atoms with E-state index in [0.717, 1.165) is 0 Å². The second-order valence-electron chi connectivity index (χ2n) is 4.41. The van der Waals surface area contributed by atoms with Crippen molar-refractivity contribution in [2.75, 3.05) is 18.5 Å². The number of carbonyl (C=O) groups is 3. The smallest absolute Gasteiger partial charge is 0.341 e. The highest BCUT2D eigenvalue weighted by molar-refractivity contribution is 7.14. The maximum Gasteiger partial charge on any atom is 0.341 e. The third-order valence-corrected chi connectivity index (χ3v) is 3.86. The van der Waals surface area contributed by atoms with Gasteiger partial charge < -0.3 is 15.4 Å². The summed E-state index contributed by atoms with van der Waals surface area (Å²) in [7, 11) is 0. The van der Waals surface area contributed by atoms with E-state index in [2.05, 4.69) is 10.6 Å². The Bertz CT molecular complexity index is 516. The summed E-state index contributed by atoms with van der Waals surface area (Å²) >= 11 is 1.28. The normalized spacial score (nSPS) is 18.2. The first kappa shape index (κ1) is 14.5. The van der Waals surface area contributed by atoms with Gasteiger partial charge in [-0.3, -0.25) is 9.59 Å². The molecule has 6 nitrogen and oxygen atoms in total. The van der Waals surface area contributed by atoms with Gasteiger partial charge in [0.15, 0.2) is 0 Å². The van der Waals surface area contributed by atoms with E-state index in [-0.39, 0.29) is 24.3 Å². The molecule has 2 amide bonds. The summed E-state index contributed by atoms with van der Waals surface area (Å²) in [5, 5.41) is 7.62. The van der Waals surface area contributed by atoms with Gasteiger partial charge in [0.05, 0.1) is 18.1 Å². The summed E-state index contributed by atoms with van der Waals surface area (Å²) in [5.74, 6) is -0.916.